The average Bonchev–Trinajstić information content (AvgIpc) is 1.81. The van der Waals surface area contributed by atoms with E-state index in [9.17, 15) is 0 Å². The van der Waals surface area contributed by atoms with E-state index in [2.05, 4.69) is 33.7 Å². The molecule has 0 aliphatic carbocycles. The molecule has 0 radical (unpaired) electrons. The van der Waals surface area contributed by atoms with Crippen molar-refractivity contribution in [3.05, 3.63) is 7.68 Å². The summed E-state index contributed by atoms with van der Waals surface area (Å²) in [5, 5.41) is 0. The van der Waals surface area contributed by atoms with E-state index < -0.39 is 36.8 Å². The fraction of sp³-hybridized carbons (Fsp3) is 0.800. The molecule has 78 valence electrons. The van der Waals surface area contributed by atoms with Gasteiger partial charge in [-0.1, -0.05) is 0 Å². The van der Waals surface area contributed by atoms with Crippen molar-refractivity contribution in [3.63, 3.8) is 0 Å². The second-order valence-corrected chi connectivity index (χ2v) is 34.7. The van der Waals surface area contributed by atoms with Crippen LogP contribution in [-0.2, 0) is 4.74 Å². The molecule has 3 heteroatoms. The maximum absolute atomic E-state index is 5.29. The SMILES string of the molecule is COC/[C](=[CH]\[Sn]([CH3])([CH3])[CH3])[Sn]([CH3])([CH3])[CH3]. The quantitative estimate of drug-likeness (QED) is 0.661. The Hall–Kier alpha value is 1.30. The number of hydrogen-bond acceptors (Lipinski definition) is 1. The van der Waals surface area contributed by atoms with Gasteiger partial charge in [-0.25, -0.2) is 0 Å². The summed E-state index contributed by atoms with van der Waals surface area (Å²) in [6, 6.07) is 0. The summed E-state index contributed by atoms with van der Waals surface area (Å²) >= 11 is -3.59. The molecule has 0 heterocycles. The molecule has 0 aliphatic heterocycles. The van der Waals surface area contributed by atoms with Crippen molar-refractivity contribution in [2.75, 3.05) is 13.7 Å². The molecule has 0 aromatic rings. The summed E-state index contributed by atoms with van der Waals surface area (Å²) in [7, 11) is 1.81. The first-order valence-electron chi connectivity index (χ1n) is 4.88. The predicted molar refractivity (Wildman–Crippen MR) is 66.7 cm³/mol. The van der Waals surface area contributed by atoms with Crippen LogP contribution in [0, 0.1) is 0 Å². The van der Waals surface area contributed by atoms with E-state index in [0.29, 0.717) is 0 Å². The van der Waals surface area contributed by atoms with Gasteiger partial charge in [0.25, 0.3) is 0 Å². The van der Waals surface area contributed by atoms with E-state index in [-0.39, 0.29) is 0 Å². The summed E-state index contributed by atoms with van der Waals surface area (Å²) in [6.45, 7) is 0.883. The molecule has 0 saturated carbocycles. The van der Waals surface area contributed by atoms with Gasteiger partial charge in [-0.05, 0) is 0 Å². The van der Waals surface area contributed by atoms with E-state index in [0.717, 1.165) is 6.61 Å². The third-order valence-electron chi connectivity index (χ3n) is 1.87. The first-order chi connectivity index (χ1) is 5.67. The number of rotatable bonds is 4. The molecule has 0 atom stereocenters. The predicted octanol–water partition coefficient (Wildman–Crippen LogP) is 3.31. The van der Waals surface area contributed by atoms with E-state index in [1.54, 1.807) is 3.59 Å². The van der Waals surface area contributed by atoms with Gasteiger partial charge < -0.3 is 0 Å². The van der Waals surface area contributed by atoms with Crippen LogP contribution in [-0.4, -0.2) is 50.5 Å². The topological polar surface area (TPSA) is 9.23 Å². The van der Waals surface area contributed by atoms with Crippen molar-refractivity contribution in [1.82, 2.24) is 0 Å². The third-order valence-corrected chi connectivity index (χ3v) is 14.0. The zero-order valence-corrected chi connectivity index (χ0v) is 15.9. The minimum absolute atomic E-state index is 0.883. The van der Waals surface area contributed by atoms with Crippen LogP contribution in [0.5, 0.6) is 0 Å². The van der Waals surface area contributed by atoms with E-state index in [1.807, 2.05) is 7.11 Å². The average molecular weight is 398 g/mol. The van der Waals surface area contributed by atoms with E-state index >= 15 is 0 Å². The molecule has 0 rings (SSSR count). The minimum atomic E-state index is -1.84. The molecule has 0 N–H and O–H groups in total. The number of methoxy groups -OCH3 is 1. The second kappa shape index (κ2) is 5.40. The molecule has 0 aliphatic rings. The van der Waals surface area contributed by atoms with Crippen LogP contribution in [0.25, 0.3) is 0 Å². The Morgan fingerprint density at radius 1 is 1.08 bits per heavy atom. The van der Waals surface area contributed by atoms with Gasteiger partial charge in [0.15, 0.2) is 0 Å². The Balaban J connectivity index is 4.71. The van der Waals surface area contributed by atoms with Crippen LogP contribution in [0.3, 0.4) is 0 Å². The molecule has 13 heavy (non-hydrogen) atoms. The van der Waals surface area contributed by atoms with Crippen LogP contribution in [0.1, 0.15) is 0 Å². The van der Waals surface area contributed by atoms with Crippen molar-refractivity contribution in [2.24, 2.45) is 0 Å². The van der Waals surface area contributed by atoms with Crippen LogP contribution >= 0.6 is 0 Å². The monoisotopic (exact) mass is 400 g/mol. The second-order valence-electron chi connectivity index (χ2n) is 5.72. The number of ether oxygens (including phenoxy) is 1. The van der Waals surface area contributed by atoms with Crippen LogP contribution < -0.4 is 0 Å². The van der Waals surface area contributed by atoms with Gasteiger partial charge in [-0.15, -0.1) is 0 Å². The van der Waals surface area contributed by atoms with Gasteiger partial charge in [0, 0.05) is 0 Å². The normalized spacial score (nSPS) is 14.8. The molecule has 0 aromatic heterocycles. The molecule has 0 fully saturated rings. The molecule has 0 aromatic carbocycles. The maximum atomic E-state index is 5.29. The van der Waals surface area contributed by atoms with Crippen LogP contribution in [0.2, 0.25) is 29.6 Å². The summed E-state index contributed by atoms with van der Waals surface area (Å²) in [4.78, 5) is 14.8. The zero-order chi connectivity index (χ0) is 10.7. The van der Waals surface area contributed by atoms with Crippen molar-refractivity contribution >= 4 is 36.8 Å². The van der Waals surface area contributed by atoms with Crippen LogP contribution in [0.15, 0.2) is 7.68 Å². The standard InChI is InChI=1S/C4H6O.6CH3.2Sn/c1-3-4-5-2;;;;;;;;/h1H,4H2,2H3;6*1H3;;. The Kier molecular flexibility index (Phi) is 5.94. The van der Waals surface area contributed by atoms with Gasteiger partial charge in [0.05, 0.1) is 0 Å². The van der Waals surface area contributed by atoms with Gasteiger partial charge in [0.2, 0.25) is 0 Å². The third kappa shape index (κ3) is 7.25. The first-order valence-corrected chi connectivity index (χ1v) is 25.1. The summed E-state index contributed by atoms with van der Waals surface area (Å²) < 4.78 is 9.59. The number of hydrogen-bond donors (Lipinski definition) is 0. The molecule has 0 unspecified atom stereocenters. The van der Waals surface area contributed by atoms with Crippen molar-refractivity contribution in [2.45, 2.75) is 29.6 Å². The molecule has 0 bridgehead atoms. The fourth-order valence-corrected chi connectivity index (χ4v) is 23.8. The molecule has 0 amide bonds. The molecular formula is C10H24OSn2. The molecule has 0 saturated heterocycles. The van der Waals surface area contributed by atoms with Crippen molar-refractivity contribution < 1.29 is 4.74 Å². The van der Waals surface area contributed by atoms with E-state index in [1.165, 1.54) is 0 Å². The molecule has 0 spiro atoms. The summed E-state index contributed by atoms with van der Waals surface area (Å²) in [6.07, 6.45) is 0. The molecular weight excluding hydrogens is 374 g/mol. The Labute approximate surface area is 91.7 Å². The van der Waals surface area contributed by atoms with Gasteiger partial charge in [-0.2, -0.15) is 0 Å². The van der Waals surface area contributed by atoms with Gasteiger partial charge in [-0.3, -0.25) is 0 Å². The first kappa shape index (κ1) is 14.3. The van der Waals surface area contributed by atoms with Crippen LogP contribution in [0.4, 0.5) is 0 Å². The molecule has 1 nitrogen and oxygen atoms in total. The Bertz CT molecular complexity index is 184. The van der Waals surface area contributed by atoms with Gasteiger partial charge >= 0.3 is 92.5 Å². The van der Waals surface area contributed by atoms with Gasteiger partial charge in [0.1, 0.15) is 0 Å². The zero-order valence-electron chi connectivity index (χ0n) is 10.2. The Morgan fingerprint density at radius 3 is 1.77 bits per heavy atom. The summed E-state index contributed by atoms with van der Waals surface area (Å²) in [5.41, 5.74) is 0. The van der Waals surface area contributed by atoms with Crippen molar-refractivity contribution in [1.29, 1.82) is 0 Å². The fourth-order valence-electron chi connectivity index (χ4n) is 1.15. The summed E-state index contributed by atoms with van der Waals surface area (Å²) in [5.74, 6) is 0. The Morgan fingerprint density at radius 2 is 1.54 bits per heavy atom. The van der Waals surface area contributed by atoms with E-state index in [4.69, 9.17) is 4.74 Å². The van der Waals surface area contributed by atoms with Crippen molar-refractivity contribution in [3.8, 4) is 0 Å².